The summed E-state index contributed by atoms with van der Waals surface area (Å²) in [7, 11) is -1.20. The van der Waals surface area contributed by atoms with Gasteiger partial charge in [0.05, 0.1) is 16.3 Å². The Kier molecular flexibility index (Phi) is 6.68. The average molecular weight is 505 g/mol. The van der Waals surface area contributed by atoms with Crippen molar-refractivity contribution in [3.05, 3.63) is 66.7 Å². The van der Waals surface area contributed by atoms with Gasteiger partial charge in [0.25, 0.3) is 0 Å². The lowest BCUT2D eigenvalue weighted by molar-refractivity contribution is 0.313. The van der Waals surface area contributed by atoms with Gasteiger partial charge in [0.1, 0.15) is 0 Å². The molecule has 9 heteroatoms. The van der Waals surface area contributed by atoms with Gasteiger partial charge in [0.15, 0.2) is 15.5 Å². The number of nitrogens with zero attached hydrogens (tertiary/aromatic N) is 5. The van der Waals surface area contributed by atoms with Crippen LogP contribution in [0.4, 0.5) is 17.3 Å². The molecule has 1 aliphatic rings. The van der Waals surface area contributed by atoms with Gasteiger partial charge in [0.2, 0.25) is 5.95 Å². The third-order valence-electron chi connectivity index (χ3n) is 6.39. The van der Waals surface area contributed by atoms with Gasteiger partial charge in [-0.25, -0.2) is 12.9 Å². The number of anilines is 3. The first-order chi connectivity index (χ1) is 17.3. The van der Waals surface area contributed by atoms with Crippen LogP contribution >= 0.6 is 0 Å². The van der Waals surface area contributed by atoms with Crippen molar-refractivity contribution in [1.82, 2.24) is 19.5 Å². The molecule has 0 aliphatic carbocycles. The molecule has 0 amide bonds. The van der Waals surface area contributed by atoms with Gasteiger partial charge in [-0.3, -0.25) is 0 Å². The first-order valence-electron chi connectivity index (χ1n) is 12.3. The maximum Gasteiger partial charge on any atom is 0.247 e. The van der Waals surface area contributed by atoms with E-state index in [9.17, 15) is 8.42 Å². The predicted octanol–water partition coefficient (Wildman–Crippen LogP) is 4.32. The summed E-state index contributed by atoms with van der Waals surface area (Å²) in [4.78, 5) is 9.70. The molecule has 188 valence electrons. The first kappa shape index (κ1) is 24.3. The number of rotatable bonds is 7. The fraction of sp³-hybridized carbons (Fsp3) is 0.333. The highest BCUT2D eigenvalue weighted by Crippen LogP contribution is 2.26. The largest absolute Gasteiger partial charge is 0.369 e. The molecule has 0 bridgehead atoms. The number of aromatic nitrogens is 3. The minimum absolute atomic E-state index is 0.0571. The molecule has 0 saturated carbocycles. The van der Waals surface area contributed by atoms with E-state index in [1.54, 1.807) is 22.7 Å². The van der Waals surface area contributed by atoms with Gasteiger partial charge < -0.3 is 15.1 Å². The Morgan fingerprint density at radius 3 is 2.39 bits per heavy atom. The van der Waals surface area contributed by atoms with Crippen molar-refractivity contribution < 1.29 is 8.42 Å². The summed E-state index contributed by atoms with van der Waals surface area (Å²) in [5.74, 6) is 0.658. The topological polar surface area (TPSA) is 82.8 Å². The monoisotopic (exact) mass is 504 g/mol. The number of hydrogen-bond acceptors (Lipinski definition) is 7. The molecule has 3 heterocycles. The third kappa shape index (κ3) is 5.22. The van der Waals surface area contributed by atoms with Crippen molar-refractivity contribution in [1.29, 1.82) is 0 Å². The summed E-state index contributed by atoms with van der Waals surface area (Å²) >= 11 is 0. The maximum absolute atomic E-state index is 12.8. The van der Waals surface area contributed by atoms with Crippen molar-refractivity contribution in [3.8, 4) is 11.3 Å². The maximum atomic E-state index is 12.8. The van der Waals surface area contributed by atoms with E-state index in [4.69, 9.17) is 0 Å². The van der Waals surface area contributed by atoms with E-state index in [0.29, 0.717) is 16.5 Å². The quantitative estimate of drug-likeness (QED) is 0.401. The van der Waals surface area contributed by atoms with Crippen LogP contribution in [0, 0.1) is 5.92 Å². The lowest BCUT2D eigenvalue weighted by Gasteiger charge is -2.34. The zero-order valence-electron chi connectivity index (χ0n) is 20.9. The van der Waals surface area contributed by atoms with Crippen LogP contribution in [0.5, 0.6) is 0 Å². The summed E-state index contributed by atoms with van der Waals surface area (Å²) in [6.07, 6.45) is 0. The second kappa shape index (κ2) is 9.91. The van der Waals surface area contributed by atoms with Gasteiger partial charge >= 0.3 is 0 Å². The van der Waals surface area contributed by atoms with Gasteiger partial charge in [-0.2, -0.15) is 4.98 Å². The lowest BCUT2D eigenvalue weighted by atomic mass is 10.1. The molecule has 4 aromatic rings. The zero-order valence-corrected chi connectivity index (χ0v) is 21.7. The van der Waals surface area contributed by atoms with Crippen LogP contribution in [0.1, 0.15) is 13.8 Å². The van der Waals surface area contributed by atoms with Crippen LogP contribution in [-0.4, -0.2) is 66.9 Å². The van der Waals surface area contributed by atoms with Crippen LogP contribution in [0.25, 0.3) is 16.9 Å². The molecule has 2 aromatic carbocycles. The van der Waals surface area contributed by atoms with Crippen molar-refractivity contribution in [2.75, 3.05) is 49.2 Å². The lowest BCUT2D eigenvalue weighted by Crippen LogP contribution is -2.44. The molecule has 0 spiro atoms. The van der Waals surface area contributed by atoms with Crippen LogP contribution in [0.15, 0.2) is 71.6 Å². The molecular formula is C27H32N6O2S. The number of likely N-dealkylation sites (N-methyl/N-ethyl adjacent to an activating group) is 1. The number of benzene rings is 2. The Morgan fingerprint density at radius 1 is 0.944 bits per heavy atom. The van der Waals surface area contributed by atoms with Crippen LogP contribution < -0.4 is 10.2 Å². The summed E-state index contributed by atoms with van der Waals surface area (Å²) in [5.41, 5.74) is 4.36. The highest BCUT2D eigenvalue weighted by molar-refractivity contribution is 7.91. The molecule has 0 radical (unpaired) electrons. The molecule has 36 heavy (non-hydrogen) atoms. The molecular weight excluding hydrogens is 472 g/mol. The standard InChI is InChI=1S/C27H32N6O2S/c1-20(2)19-36(34,35)24-7-4-6-21(18-24)25-8-5-9-26-29-27(30-33(25)26)28-22-10-12-23(13-11-22)32-16-14-31(3)15-17-32/h4-13,18,20H,14-17,19H2,1-3H3,(H,28,30). The highest BCUT2D eigenvalue weighted by atomic mass is 32.2. The smallest absolute Gasteiger partial charge is 0.247 e. The summed E-state index contributed by atoms with van der Waals surface area (Å²) < 4.78 is 27.3. The van der Waals surface area contributed by atoms with Gasteiger partial charge in [-0.15, -0.1) is 5.10 Å². The summed E-state index contributed by atoms with van der Waals surface area (Å²) in [6, 6.07) is 21.1. The highest BCUT2D eigenvalue weighted by Gasteiger charge is 2.18. The number of fused-ring (bicyclic) bond motifs is 1. The van der Waals surface area contributed by atoms with Crippen molar-refractivity contribution in [2.24, 2.45) is 5.92 Å². The van der Waals surface area contributed by atoms with Gasteiger partial charge in [-0.1, -0.05) is 32.0 Å². The molecule has 2 aromatic heterocycles. The van der Waals surface area contributed by atoms with E-state index in [2.05, 4.69) is 44.4 Å². The molecule has 1 saturated heterocycles. The van der Waals surface area contributed by atoms with E-state index in [1.165, 1.54) is 5.69 Å². The van der Waals surface area contributed by atoms with E-state index in [0.717, 1.165) is 43.1 Å². The Morgan fingerprint density at radius 2 is 1.67 bits per heavy atom. The van der Waals surface area contributed by atoms with Gasteiger partial charge in [0, 0.05) is 43.1 Å². The fourth-order valence-corrected chi connectivity index (χ4v) is 6.17. The SMILES string of the molecule is CC(C)CS(=O)(=O)c1cccc(-c2cccc3nc(Nc4ccc(N5CCN(C)CC5)cc4)nn23)c1. The summed E-state index contributed by atoms with van der Waals surface area (Å²) in [5, 5.41) is 7.98. The molecule has 1 fully saturated rings. The van der Waals surface area contributed by atoms with Crippen LogP contribution in [-0.2, 0) is 9.84 Å². The van der Waals surface area contributed by atoms with E-state index >= 15 is 0 Å². The fourth-order valence-electron chi connectivity index (χ4n) is 4.51. The molecule has 0 atom stereocenters. The van der Waals surface area contributed by atoms with Crippen LogP contribution in [0.2, 0.25) is 0 Å². The normalized spacial score (nSPS) is 15.1. The molecule has 0 unspecified atom stereocenters. The predicted molar refractivity (Wildman–Crippen MR) is 145 cm³/mol. The van der Waals surface area contributed by atoms with E-state index in [-0.39, 0.29) is 11.7 Å². The number of pyridine rings is 1. The number of nitrogens with one attached hydrogen (secondary N) is 1. The Hall–Kier alpha value is -3.43. The van der Waals surface area contributed by atoms with Crippen LogP contribution in [0.3, 0.4) is 0 Å². The van der Waals surface area contributed by atoms with E-state index in [1.807, 2.05) is 50.2 Å². The Balaban J connectivity index is 1.39. The number of piperazine rings is 1. The Bertz CT molecular complexity index is 1460. The van der Waals surface area contributed by atoms with Crippen molar-refractivity contribution in [2.45, 2.75) is 18.7 Å². The number of sulfone groups is 1. The second-order valence-electron chi connectivity index (χ2n) is 9.78. The minimum Gasteiger partial charge on any atom is -0.369 e. The molecule has 8 nitrogen and oxygen atoms in total. The third-order valence-corrected chi connectivity index (χ3v) is 8.47. The number of hydrogen-bond donors (Lipinski definition) is 1. The second-order valence-corrected chi connectivity index (χ2v) is 11.8. The zero-order chi connectivity index (χ0) is 25.3. The first-order valence-corrected chi connectivity index (χ1v) is 13.9. The molecule has 1 N–H and O–H groups in total. The molecule has 5 rings (SSSR count). The van der Waals surface area contributed by atoms with Gasteiger partial charge in [-0.05, 0) is 61.5 Å². The summed E-state index contributed by atoms with van der Waals surface area (Å²) in [6.45, 7) is 8.01. The van der Waals surface area contributed by atoms with E-state index < -0.39 is 9.84 Å². The Labute approximate surface area is 212 Å². The van der Waals surface area contributed by atoms with Crippen molar-refractivity contribution in [3.63, 3.8) is 0 Å². The molecule has 1 aliphatic heterocycles. The van der Waals surface area contributed by atoms with Crippen molar-refractivity contribution >= 4 is 32.8 Å². The average Bonchev–Trinajstić information content (AvgIpc) is 3.27. The minimum atomic E-state index is -3.36.